The molecule has 1 aromatic carbocycles. The van der Waals surface area contributed by atoms with Gasteiger partial charge >= 0.3 is 0 Å². The van der Waals surface area contributed by atoms with Crippen molar-refractivity contribution in [1.82, 2.24) is 24.8 Å². The summed E-state index contributed by atoms with van der Waals surface area (Å²) in [5.74, 6) is 0.307. The Morgan fingerprint density at radius 1 is 1.11 bits per heavy atom. The van der Waals surface area contributed by atoms with Crippen molar-refractivity contribution in [2.45, 2.75) is 46.1 Å². The maximum Gasteiger partial charge on any atom is 0.158 e. The summed E-state index contributed by atoms with van der Waals surface area (Å²) < 4.78 is 1.81. The summed E-state index contributed by atoms with van der Waals surface area (Å²) in [7, 11) is 0. The Morgan fingerprint density at radius 2 is 1.82 bits per heavy atom. The van der Waals surface area contributed by atoms with Crippen molar-refractivity contribution in [3.8, 4) is 22.5 Å². The average Bonchev–Trinajstić information content (AvgIpc) is 3.28. The fourth-order valence-corrected chi connectivity index (χ4v) is 3.64. The summed E-state index contributed by atoms with van der Waals surface area (Å²) in [6.45, 7) is 10.5. The van der Waals surface area contributed by atoms with Gasteiger partial charge in [0.25, 0.3) is 0 Å². The number of hydrogen-bond donors (Lipinski definition) is 2. The van der Waals surface area contributed by atoms with Gasteiger partial charge in [-0.2, -0.15) is 10.2 Å². The highest BCUT2D eigenvalue weighted by Crippen LogP contribution is 2.36. The van der Waals surface area contributed by atoms with Crippen molar-refractivity contribution >= 4 is 5.65 Å². The van der Waals surface area contributed by atoms with E-state index in [9.17, 15) is 0 Å². The molecule has 0 amide bonds. The number of pyridine rings is 1. The summed E-state index contributed by atoms with van der Waals surface area (Å²) >= 11 is 0. The number of H-pyrrole nitrogens is 1. The zero-order chi connectivity index (χ0) is 20.1. The van der Waals surface area contributed by atoms with E-state index < -0.39 is 0 Å². The first kappa shape index (κ1) is 18.4. The molecule has 6 heteroatoms. The molecule has 3 heterocycles. The summed E-state index contributed by atoms with van der Waals surface area (Å²) in [5.41, 5.74) is 14.2. The molecule has 28 heavy (non-hydrogen) atoms. The maximum absolute atomic E-state index is 6.22. The highest BCUT2D eigenvalue weighted by atomic mass is 15.3. The molecule has 144 valence electrons. The second-order valence-electron chi connectivity index (χ2n) is 8.25. The Morgan fingerprint density at radius 3 is 2.46 bits per heavy atom. The van der Waals surface area contributed by atoms with Crippen LogP contribution in [0, 0.1) is 6.92 Å². The lowest BCUT2D eigenvalue weighted by atomic mass is 9.91. The molecular formula is C22H26N6. The monoisotopic (exact) mass is 374 g/mol. The molecule has 0 unspecified atom stereocenters. The first-order valence-electron chi connectivity index (χ1n) is 9.54. The van der Waals surface area contributed by atoms with Gasteiger partial charge < -0.3 is 5.73 Å². The first-order valence-corrected chi connectivity index (χ1v) is 9.54. The zero-order valence-corrected chi connectivity index (χ0v) is 17.0. The standard InChI is InChI=1S/C22H26N6/c1-13(2)18-19(15-6-8-17(9-7-15)22(4,5)23)26-27-20(18)16-10-14(3)21-24-12-25-28(21)11-16/h6-13H,23H2,1-5H3,(H,26,27). The third-order valence-corrected chi connectivity index (χ3v) is 5.13. The Bertz CT molecular complexity index is 1130. The Labute approximate surface area is 164 Å². The van der Waals surface area contributed by atoms with E-state index in [1.807, 2.05) is 27.0 Å². The minimum absolute atomic E-state index is 0.307. The van der Waals surface area contributed by atoms with Crippen molar-refractivity contribution < 1.29 is 0 Å². The molecule has 0 spiro atoms. The van der Waals surface area contributed by atoms with Gasteiger partial charge in [0, 0.05) is 22.9 Å². The molecule has 0 saturated heterocycles. The van der Waals surface area contributed by atoms with Crippen molar-refractivity contribution in [3.63, 3.8) is 0 Å². The number of nitrogens with zero attached hydrogens (tertiary/aromatic N) is 4. The predicted molar refractivity (Wildman–Crippen MR) is 112 cm³/mol. The number of hydrogen-bond acceptors (Lipinski definition) is 4. The molecule has 0 saturated carbocycles. The third kappa shape index (κ3) is 3.10. The smallest absolute Gasteiger partial charge is 0.158 e. The van der Waals surface area contributed by atoms with Crippen LogP contribution in [-0.2, 0) is 5.54 Å². The van der Waals surface area contributed by atoms with Gasteiger partial charge in [-0.25, -0.2) is 9.50 Å². The highest BCUT2D eigenvalue weighted by molar-refractivity contribution is 5.76. The zero-order valence-electron chi connectivity index (χ0n) is 17.0. The molecule has 0 radical (unpaired) electrons. The average molecular weight is 374 g/mol. The second-order valence-corrected chi connectivity index (χ2v) is 8.25. The number of aryl methyl sites for hydroxylation is 1. The van der Waals surface area contributed by atoms with Crippen molar-refractivity contribution in [2.75, 3.05) is 0 Å². The third-order valence-electron chi connectivity index (χ3n) is 5.13. The van der Waals surface area contributed by atoms with Crippen LogP contribution in [0.5, 0.6) is 0 Å². The van der Waals surface area contributed by atoms with Gasteiger partial charge in [0.2, 0.25) is 0 Å². The maximum atomic E-state index is 6.22. The fraction of sp³-hybridized carbons (Fsp3) is 0.318. The molecule has 3 N–H and O–H groups in total. The molecule has 0 atom stereocenters. The van der Waals surface area contributed by atoms with E-state index in [0.29, 0.717) is 5.92 Å². The van der Waals surface area contributed by atoms with Crippen LogP contribution in [0.2, 0.25) is 0 Å². The Hall–Kier alpha value is -2.99. The van der Waals surface area contributed by atoms with Crippen LogP contribution in [-0.4, -0.2) is 24.8 Å². The predicted octanol–water partition coefficient (Wildman–Crippen LogP) is 4.41. The lowest BCUT2D eigenvalue weighted by Crippen LogP contribution is -2.28. The summed E-state index contributed by atoms with van der Waals surface area (Å²) in [5, 5.41) is 12.2. The minimum atomic E-state index is -0.358. The van der Waals surface area contributed by atoms with Gasteiger partial charge in [0.05, 0.1) is 11.4 Å². The van der Waals surface area contributed by atoms with Crippen LogP contribution in [0.3, 0.4) is 0 Å². The number of nitrogens with one attached hydrogen (secondary N) is 1. The van der Waals surface area contributed by atoms with Gasteiger partial charge in [-0.3, -0.25) is 5.10 Å². The number of nitrogens with two attached hydrogens (primary N) is 1. The molecule has 3 aromatic heterocycles. The normalized spacial score (nSPS) is 12.2. The number of benzene rings is 1. The number of rotatable bonds is 4. The number of aromatic amines is 1. The molecule has 0 fully saturated rings. The molecular weight excluding hydrogens is 348 g/mol. The quantitative estimate of drug-likeness (QED) is 0.554. The molecule has 0 bridgehead atoms. The topological polar surface area (TPSA) is 84.9 Å². The Balaban J connectivity index is 1.84. The largest absolute Gasteiger partial charge is 0.322 e. The first-order chi connectivity index (χ1) is 13.3. The van der Waals surface area contributed by atoms with Gasteiger partial charge in [0.15, 0.2) is 5.65 Å². The SMILES string of the molecule is Cc1cc(-c2n[nH]c(-c3ccc(C(C)(C)N)cc3)c2C(C)C)cn2ncnc12. The molecule has 4 aromatic rings. The van der Waals surface area contributed by atoms with E-state index >= 15 is 0 Å². The molecule has 0 aliphatic heterocycles. The molecule has 0 aliphatic rings. The van der Waals surface area contributed by atoms with Crippen LogP contribution < -0.4 is 5.73 Å². The fourth-order valence-electron chi connectivity index (χ4n) is 3.64. The van der Waals surface area contributed by atoms with Gasteiger partial charge in [0.1, 0.15) is 6.33 Å². The number of aromatic nitrogens is 5. The van der Waals surface area contributed by atoms with Crippen molar-refractivity contribution in [2.24, 2.45) is 5.73 Å². The van der Waals surface area contributed by atoms with E-state index in [0.717, 1.165) is 39.3 Å². The summed E-state index contributed by atoms with van der Waals surface area (Å²) in [6.07, 6.45) is 3.56. The summed E-state index contributed by atoms with van der Waals surface area (Å²) in [6, 6.07) is 10.5. The van der Waals surface area contributed by atoms with E-state index in [1.165, 1.54) is 5.56 Å². The van der Waals surface area contributed by atoms with E-state index in [1.54, 1.807) is 10.8 Å². The molecule has 0 aliphatic carbocycles. The van der Waals surface area contributed by atoms with Gasteiger partial charge in [-0.15, -0.1) is 0 Å². The van der Waals surface area contributed by atoms with Crippen LogP contribution in [0.1, 0.15) is 50.3 Å². The highest BCUT2D eigenvalue weighted by Gasteiger charge is 2.21. The minimum Gasteiger partial charge on any atom is -0.322 e. The lowest BCUT2D eigenvalue weighted by molar-refractivity contribution is 0.554. The van der Waals surface area contributed by atoms with E-state index in [4.69, 9.17) is 5.73 Å². The lowest BCUT2D eigenvalue weighted by Gasteiger charge is -2.19. The van der Waals surface area contributed by atoms with Gasteiger partial charge in [-0.05, 0) is 49.4 Å². The Kier molecular flexibility index (Phi) is 4.31. The van der Waals surface area contributed by atoms with Crippen LogP contribution in [0.4, 0.5) is 0 Å². The van der Waals surface area contributed by atoms with Gasteiger partial charge in [-0.1, -0.05) is 38.1 Å². The van der Waals surface area contributed by atoms with Crippen LogP contribution in [0.15, 0.2) is 42.9 Å². The van der Waals surface area contributed by atoms with E-state index in [-0.39, 0.29) is 5.54 Å². The van der Waals surface area contributed by atoms with Crippen molar-refractivity contribution in [1.29, 1.82) is 0 Å². The molecule has 6 nitrogen and oxygen atoms in total. The second kappa shape index (κ2) is 6.56. The van der Waals surface area contributed by atoms with Crippen LogP contribution in [0.25, 0.3) is 28.2 Å². The number of fused-ring (bicyclic) bond motifs is 1. The van der Waals surface area contributed by atoms with Crippen LogP contribution >= 0.6 is 0 Å². The molecule has 4 rings (SSSR count). The van der Waals surface area contributed by atoms with E-state index in [2.05, 4.69) is 64.5 Å². The summed E-state index contributed by atoms with van der Waals surface area (Å²) in [4.78, 5) is 4.30. The van der Waals surface area contributed by atoms with Crippen molar-refractivity contribution in [3.05, 3.63) is 59.5 Å².